The van der Waals surface area contributed by atoms with E-state index in [1.54, 1.807) is 12.1 Å². The van der Waals surface area contributed by atoms with Crippen molar-refractivity contribution in [1.82, 2.24) is 10.2 Å². The first-order chi connectivity index (χ1) is 11.1. The molecule has 1 amide bonds. The molecule has 1 aromatic heterocycles. The Hall–Kier alpha value is -1.99. The number of fused-ring (bicyclic) bond motifs is 4. The quantitative estimate of drug-likeness (QED) is 0.693. The van der Waals surface area contributed by atoms with Gasteiger partial charge >= 0.3 is 0 Å². The summed E-state index contributed by atoms with van der Waals surface area (Å²) in [4.78, 5) is 26.2. The van der Waals surface area contributed by atoms with E-state index < -0.39 is 4.92 Å². The Morgan fingerprint density at radius 3 is 2.78 bits per heavy atom. The topological polar surface area (TPSA) is 75.5 Å². The Morgan fingerprint density at radius 1 is 1.35 bits per heavy atom. The largest absolute Gasteiger partial charge is 0.347 e. The molecular weight excluding hydrogens is 314 g/mol. The van der Waals surface area contributed by atoms with Crippen LogP contribution in [0.3, 0.4) is 0 Å². The van der Waals surface area contributed by atoms with Crippen LogP contribution in [0.2, 0.25) is 0 Å². The monoisotopic (exact) mass is 331 g/mol. The van der Waals surface area contributed by atoms with Crippen LogP contribution in [0.25, 0.3) is 10.1 Å². The van der Waals surface area contributed by atoms with Crippen molar-refractivity contribution in [1.29, 1.82) is 0 Å². The SMILES string of the molecule is O=C(N[C@H]1CN2CCC1CC2)c1cc2cccc([N+](=O)[O-])c2s1. The summed E-state index contributed by atoms with van der Waals surface area (Å²) >= 11 is 1.20. The summed E-state index contributed by atoms with van der Waals surface area (Å²) in [6, 6.07) is 6.90. The number of thiophene rings is 1. The molecule has 4 heterocycles. The van der Waals surface area contributed by atoms with Gasteiger partial charge in [-0.25, -0.2) is 0 Å². The van der Waals surface area contributed by atoms with Crippen LogP contribution in [-0.4, -0.2) is 41.4 Å². The Morgan fingerprint density at radius 2 is 2.13 bits per heavy atom. The number of carbonyl (C=O) groups excluding carboxylic acids is 1. The summed E-state index contributed by atoms with van der Waals surface area (Å²) in [6.45, 7) is 3.18. The normalized spacial score (nSPS) is 26.3. The van der Waals surface area contributed by atoms with Gasteiger partial charge in [-0.15, -0.1) is 11.3 Å². The summed E-state index contributed by atoms with van der Waals surface area (Å²) in [7, 11) is 0. The van der Waals surface area contributed by atoms with Crippen LogP contribution in [0.15, 0.2) is 24.3 Å². The minimum absolute atomic E-state index is 0.0642. The van der Waals surface area contributed by atoms with Crippen LogP contribution in [0.1, 0.15) is 22.5 Å². The van der Waals surface area contributed by atoms with Crippen molar-refractivity contribution >= 4 is 33.0 Å². The van der Waals surface area contributed by atoms with Gasteiger partial charge in [0.1, 0.15) is 4.70 Å². The average Bonchev–Trinajstić information content (AvgIpc) is 3.00. The molecule has 0 radical (unpaired) electrons. The summed E-state index contributed by atoms with van der Waals surface area (Å²) in [5.41, 5.74) is 0.0642. The summed E-state index contributed by atoms with van der Waals surface area (Å²) in [5, 5.41) is 15.0. The third-order valence-electron chi connectivity index (χ3n) is 4.92. The van der Waals surface area contributed by atoms with Crippen molar-refractivity contribution in [2.24, 2.45) is 5.92 Å². The van der Waals surface area contributed by atoms with Crippen LogP contribution in [0, 0.1) is 16.0 Å². The van der Waals surface area contributed by atoms with E-state index in [1.807, 2.05) is 6.07 Å². The van der Waals surface area contributed by atoms with Crippen molar-refractivity contribution in [3.05, 3.63) is 39.3 Å². The summed E-state index contributed by atoms with van der Waals surface area (Å²) in [6.07, 6.45) is 2.28. The molecule has 2 bridgehead atoms. The van der Waals surface area contributed by atoms with Gasteiger partial charge < -0.3 is 10.2 Å². The van der Waals surface area contributed by atoms with Gasteiger partial charge in [-0.1, -0.05) is 12.1 Å². The lowest BCUT2D eigenvalue weighted by atomic mass is 9.84. The van der Waals surface area contributed by atoms with Gasteiger partial charge in [0.2, 0.25) is 0 Å². The fraction of sp³-hybridized carbons (Fsp3) is 0.438. The number of piperidine rings is 3. The highest BCUT2D eigenvalue weighted by atomic mass is 32.1. The smallest absolute Gasteiger partial charge is 0.287 e. The van der Waals surface area contributed by atoms with E-state index in [2.05, 4.69) is 10.2 Å². The number of nitrogens with one attached hydrogen (secondary N) is 1. The zero-order valence-corrected chi connectivity index (χ0v) is 13.3. The lowest BCUT2D eigenvalue weighted by Gasteiger charge is -2.44. The van der Waals surface area contributed by atoms with Gasteiger partial charge in [0.25, 0.3) is 11.6 Å². The van der Waals surface area contributed by atoms with Crippen LogP contribution < -0.4 is 5.32 Å². The Bertz CT molecular complexity index is 780. The first-order valence-electron chi connectivity index (χ1n) is 7.82. The highest BCUT2D eigenvalue weighted by molar-refractivity contribution is 7.21. The first kappa shape index (κ1) is 14.6. The fourth-order valence-corrected chi connectivity index (χ4v) is 4.72. The van der Waals surface area contributed by atoms with Gasteiger partial charge in [0.15, 0.2) is 0 Å². The number of nitrogens with zero attached hydrogens (tertiary/aromatic N) is 2. The molecule has 3 fully saturated rings. The van der Waals surface area contributed by atoms with Gasteiger partial charge in [-0.3, -0.25) is 14.9 Å². The van der Waals surface area contributed by atoms with Crippen LogP contribution in [0.5, 0.6) is 0 Å². The molecule has 6 nitrogen and oxygen atoms in total. The van der Waals surface area contributed by atoms with Gasteiger partial charge in [0.05, 0.1) is 9.80 Å². The molecule has 1 atom stereocenters. The predicted molar refractivity (Wildman–Crippen MR) is 88.9 cm³/mol. The Labute approximate surface area is 137 Å². The molecule has 5 rings (SSSR count). The van der Waals surface area contributed by atoms with Gasteiger partial charge in [0, 0.05) is 24.0 Å². The number of nitro benzene ring substituents is 1. The van der Waals surface area contributed by atoms with Crippen molar-refractivity contribution in [2.45, 2.75) is 18.9 Å². The molecule has 2 aromatic rings. The fourth-order valence-electron chi connectivity index (χ4n) is 3.67. The minimum Gasteiger partial charge on any atom is -0.347 e. The molecule has 23 heavy (non-hydrogen) atoms. The van der Waals surface area contributed by atoms with E-state index in [0.717, 1.165) is 37.9 Å². The van der Waals surface area contributed by atoms with E-state index in [0.29, 0.717) is 15.5 Å². The second-order valence-corrected chi connectivity index (χ2v) is 7.33. The van der Waals surface area contributed by atoms with Crippen molar-refractivity contribution in [3.8, 4) is 0 Å². The maximum absolute atomic E-state index is 12.6. The molecule has 120 valence electrons. The van der Waals surface area contributed by atoms with Crippen molar-refractivity contribution < 1.29 is 9.72 Å². The zero-order chi connectivity index (χ0) is 16.0. The molecule has 0 unspecified atom stereocenters. The number of nitro groups is 1. The molecule has 1 aromatic carbocycles. The Balaban J connectivity index is 1.58. The number of carbonyl (C=O) groups is 1. The third-order valence-corrected chi connectivity index (χ3v) is 6.09. The van der Waals surface area contributed by atoms with Crippen LogP contribution >= 0.6 is 11.3 Å². The first-order valence-corrected chi connectivity index (χ1v) is 8.63. The van der Waals surface area contributed by atoms with Crippen LogP contribution in [0.4, 0.5) is 5.69 Å². The number of benzene rings is 1. The maximum Gasteiger partial charge on any atom is 0.287 e. The van der Waals surface area contributed by atoms with E-state index in [-0.39, 0.29) is 17.6 Å². The second-order valence-electron chi connectivity index (χ2n) is 6.28. The van der Waals surface area contributed by atoms with Crippen LogP contribution in [-0.2, 0) is 0 Å². The molecule has 3 saturated heterocycles. The summed E-state index contributed by atoms with van der Waals surface area (Å²) in [5.74, 6) is 0.451. The van der Waals surface area contributed by atoms with E-state index in [9.17, 15) is 14.9 Å². The number of non-ortho nitro benzene ring substituents is 1. The number of hydrogen-bond donors (Lipinski definition) is 1. The maximum atomic E-state index is 12.6. The van der Waals surface area contributed by atoms with Crippen molar-refractivity contribution in [3.63, 3.8) is 0 Å². The molecule has 1 N–H and O–H groups in total. The average molecular weight is 331 g/mol. The number of amides is 1. The molecule has 0 aliphatic carbocycles. The van der Waals surface area contributed by atoms with Gasteiger partial charge in [-0.05, 0) is 37.9 Å². The highest BCUT2D eigenvalue weighted by Crippen LogP contribution is 2.34. The standard InChI is InChI=1S/C16H17N3O3S/c20-16(17-12-9-18-6-4-10(12)5-7-18)14-8-11-2-1-3-13(19(21)22)15(11)23-14/h1-3,8,10,12H,4-7,9H2,(H,17,20)/t12-/m0/s1. The lowest BCUT2D eigenvalue weighted by Crippen LogP contribution is -2.57. The Kier molecular flexibility index (Phi) is 3.54. The van der Waals surface area contributed by atoms with Gasteiger partial charge in [-0.2, -0.15) is 0 Å². The predicted octanol–water partition coefficient (Wildman–Crippen LogP) is 2.63. The number of rotatable bonds is 3. The molecule has 3 aliphatic rings. The zero-order valence-electron chi connectivity index (χ0n) is 12.5. The molecular formula is C16H17N3O3S. The van der Waals surface area contributed by atoms with Crippen molar-refractivity contribution in [2.75, 3.05) is 19.6 Å². The third kappa shape index (κ3) is 2.60. The minimum atomic E-state index is -0.395. The van der Waals surface area contributed by atoms with E-state index >= 15 is 0 Å². The van der Waals surface area contributed by atoms with E-state index in [4.69, 9.17) is 0 Å². The lowest BCUT2D eigenvalue weighted by molar-refractivity contribution is -0.382. The number of hydrogen-bond acceptors (Lipinski definition) is 5. The molecule has 3 aliphatic heterocycles. The molecule has 7 heteroatoms. The van der Waals surface area contributed by atoms with E-state index in [1.165, 1.54) is 17.4 Å². The molecule has 0 spiro atoms. The highest BCUT2D eigenvalue weighted by Gasteiger charge is 2.35. The summed E-state index contributed by atoms with van der Waals surface area (Å²) < 4.78 is 0.566. The second kappa shape index (κ2) is 5.58. The molecule has 0 saturated carbocycles.